The fourth-order valence-electron chi connectivity index (χ4n) is 4.07. The van der Waals surface area contributed by atoms with Crippen molar-refractivity contribution in [2.45, 2.75) is 32.7 Å². The second-order valence-corrected chi connectivity index (χ2v) is 7.56. The highest BCUT2D eigenvalue weighted by Gasteiger charge is 2.19. The Morgan fingerprint density at radius 3 is 2.81 bits per heavy atom. The maximum atomic E-state index is 4.85. The number of nitrogens with one attached hydrogen (secondary N) is 1. The second kappa shape index (κ2) is 6.46. The summed E-state index contributed by atoms with van der Waals surface area (Å²) in [5.74, 6) is 0. The van der Waals surface area contributed by atoms with Gasteiger partial charge in [-0.1, -0.05) is 12.1 Å². The lowest BCUT2D eigenvalue weighted by Gasteiger charge is -2.33. The molecule has 0 unspecified atom stereocenters. The molecule has 3 aromatic rings. The minimum atomic E-state index is 0.596. The third-order valence-corrected chi connectivity index (χ3v) is 5.54. The van der Waals surface area contributed by atoms with Crippen molar-refractivity contribution in [1.29, 1.82) is 0 Å². The number of hydrogen-bond donors (Lipinski definition) is 1. The van der Waals surface area contributed by atoms with Crippen molar-refractivity contribution in [1.82, 2.24) is 24.8 Å². The average Bonchev–Trinajstić information content (AvgIpc) is 3.09. The lowest BCUT2D eigenvalue weighted by Crippen LogP contribution is -2.45. The summed E-state index contributed by atoms with van der Waals surface area (Å²) in [7, 11) is 0. The minimum absolute atomic E-state index is 0.596. The van der Waals surface area contributed by atoms with Gasteiger partial charge in [0.2, 0.25) is 0 Å². The Hall–Kier alpha value is -2.73. The number of fused-ring (bicyclic) bond motifs is 2. The van der Waals surface area contributed by atoms with Crippen molar-refractivity contribution < 1.29 is 0 Å². The smallest absolute Gasteiger partial charge is 0.156 e. The van der Waals surface area contributed by atoms with Gasteiger partial charge in [-0.25, -0.2) is 9.50 Å². The molecule has 6 heteroatoms. The molecule has 1 N–H and O–H groups in total. The first-order valence-corrected chi connectivity index (χ1v) is 9.64. The highest BCUT2D eigenvalue weighted by atomic mass is 15.3. The van der Waals surface area contributed by atoms with Crippen LogP contribution in [0.25, 0.3) is 23.1 Å². The van der Waals surface area contributed by atoms with Gasteiger partial charge in [-0.15, -0.1) is 0 Å². The fourth-order valence-corrected chi connectivity index (χ4v) is 4.07. The van der Waals surface area contributed by atoms with Crippen LogP contribution in [-0.4, -0.2) is 45.3 Å². The number of benzene rings is 1. The van der Waals surface area contributed by atoms with Crippen LogP contribution in [-0.2, 0) is 0 Å². The molecule has 0 atom stereocenters. The average molecular weight is 360 g/mol. The quantitative estimate of drug-likeness (QED) is 0.750. The molecule has 2 aromatic heterocycles. The Kier molecular flexibility index (Phi) is 3.93. The number of aromatic nitrogens is 3. The summed E-state index contributed by atoms with van der Waals surface area (Å²) in [6.07, 6.45) is 6.63. The van der Waals surface area contributed by atoms with Crippen LogP contribution in [0.15, 0.2) is 35.5 Å². The molecule has 0 aliphatic carbocycles. The summed E-state index contributed by atoms with van der Waals surface area (Å²) >= 11 is 0. The van der Waals surface area contributed by atoms with Gasteiger partial charge < -0.3 is 10.2 Å². The maximum Gasteiger partial charge on any atom is 0.156 e. The lowest BCUT2D eigenvalue weighted by atomic mass is 10.0. The summed E-state index contributed by atoms with van der Waals surface area (Å²) in [4.78, 5) is 11.8. The van der Waals surface area contributed by atoms with E-state index in [9.17, 15) is 0 Å². The van der Waals surface area contributed by atoms with Gasteiger partial charge in [-0.2, -0.15) is 5.10 Å². The fraction of sp³-hybridized carbons (Fsp3) is 0.381. The van der Waals surface area contributed by atoms with Crippen molar-refractivity contribution >= 4 is 11.8 Å². The Balaban J connectivity index is 1.52. The van der Waals surface area contributed by atoms with E-state index in [4.69, 9.17) is 10.1 Å². The molecule has 0 radical (unpaired) electrons. The van der Waals surface area contributed by atoms with Gasteiger partial charge in [0.05, 0.1) is 22.9 Å². The molecule has 0 bridgehead atoms. The summed E-state index contributed by atoms with van der Waals surface area (Å²) in [6.45, 7) is 7.02. The first-order chi connectivity index (χ1) is 13.2. The molecule has 1 saturated heterocycles. The largest absolute Gasteiger partial charge is 0.355 e. The minimum Gasteiger partial charge on any atom is -0.355 e. The van der Waals surface area contributed by atoms with Crippen LogP contribution in [0.4, 0.5) is 0 Å². The molecular formula is C21H24N6. The number of aryl methyl sites for hydroxylation is 2. The van der Waals surface area contributed by atoms with Crippen LogP contribution < -0.4 is 15.9 Å². The van der Waals surface area contributed by atoms with Crippen LogP contribution >= 0.6 is 0 Å². The molecular weight excluding hydrogens is 336 g/mol. The van der Waals surface area contributed by atoms with Crippen LogP contribution in [0, 0.1) is 13.8 Å². The zero-order valence-electron chi connectivity index (χ0n) is 15.8. The molecule has 0 amide bonds. The van der Waals surface area contributed by atoms with Crippen molar-refractivity contribution in [2.75, 3.05) is 19.8 Å². The van der Waals surface area contributed by atoms with E-state index in [0.717, 1.165) is 53.3 Å². The molecule has 0 spiro atoms. The Labute approximate surface area is 158 Å². The number of nitrogens with zero attached hydrogens (tertiary/aromatic N) is 5. The summed E-state index contributed by atoms with van der Waals surface area (Å²) in [5.41, 5.74) is 5.08. The van der Waals surface area contributed by atoms with Gasteiger partial charge in [-0.05, 0) is 57.5 Å². The normalized spacial score (nSPS) is 17.5. The topological polar surface area (TPSA) is 57.8 Å². The Bertz CT molecular complexity index is 1120. The van der Waals surface area contributed by atoms with Crippen molar-refractivity contribution in [3.8, 4) is 11.3 Å². The van der Waals surface area contributed by atoms with E-state index in [1.807, 2.05) is 17.6 Å². The standard InChI is InChI=1S/C21H24N6/c1-14-9-20(25-27-11-15(2)24-21(14)27)16-3-4-17-12-26(13-23-19(17)10-16)18-5-7-22-8-6-18/h3-4,9-12,18,22H,5-8,13H2,1-2H3. The number of imidazole rings is 1. The third-order valence-electron chi connectivity index (χ3n) is 5.54. The van der Waals surface area contributed by atoms with Crippen LogP contribution in [0.2, 0.25) is 0 Å². The third kappa shape index (κ3) is 3.00. The molecule has 6 nitrogen and oxygen atoms in total. The van der Waals surface area contributed by atoms with Crippen molar-refractivity contribution in [3.63, 3.8) is 0 Å². The molecule has 138 valence electrons. The lowest BCUT2D eigenvalue weighted by molar-refractivity contribution is 0.248. The second-order valence-electron chi connectivity index (χ2n) is 7.56. The number of hydrogen-bond acceptors (Lipinski definition) is 5. The first kappa shape index (κ1) is 16.4. The highest BCUT2D eigenvalue weighted by Crippen LogP contribution is 2.19. The SMILES string of the molecule is Cc1cn2nc(-c3ccc4c(c3)=NCN(C3CCNCC3)C=4)cc(C)c2n1. The molecule has 2 aliphatic heterocycles. The van der Waals surface area contributed by atoms with E-state index in [1.54, 1.807) is 0 Å². The predicted molar refractivity (Wildman–Crippen MR) is 106 cm³/mol. The molecule has 5 rings (SSSR count). The van der Waals surface area contributed by atoms with Crippen molar-refractivity contribution in [2.24, 2.45) is 4.99 Å². The van der Waals surface area contributed by atoms with Gasteiger partial charge >= 0.3 is 0 Å². The number of rotatable bonds is 2. The van der Waals surface area contributed by atoms with Gasteiger partial charge in [-0.3, -0.25) is 4.99 Å². The van der Waals surface area contributed by atoms with Crippen LogP contribution in [0.5, 0.6) is 0 Å². The Morgan fingerprint density at radius 2 is 1.96 bits per heavy atom. The van der Waals surface area contributed by atoms with Gasteiger partial charge in [0, 0.05) is 23.0 Å². The zero-order chi connectivity index (χ0) is 18.4. The summed E-state index contributed by atoms with van der Waals surface area (Å²) in [6, 6.07) is 9.18. The zero-order valence-corrected chi connectivity index (χ0v) is 15.8. The number of piperidine rings is 1. The first-order valence-electron chi connectivity index (χ1n) is 9.64. The van der Waals surface area contributed by atoms with E-state index in [2.05, 4.69) is 52.6 Å². The maximum absolute atomic E-state index is 4.85. The molecule has 4 heterocycles. The predicted octanol–water partition coefficient (Wildman–Crippen LogP) is 1.40. The Morgan fingerprint density at radius 1 is 1.11 bits per heavy atom. The van der Waals surface area contributed by atoms with Crippen LogP contribution in [0.3, 0.4) is 0 Å². The molecule has 0 saturated carbocycles. The summed E-state index contributed by atoms with van der Waals surface area (Å²) < 4.78 is 1.88. The molecule has 2 aliphatic rings. The monoisotopic (exact) mass is 360 g/mol. The molecule has 1 aromatic carbocycles. The van der Waals surface area contributed by atoms with E-state index < -0.39 is 0 Å². The molecule has 1 fully saturated rings. The van der Waals surface area contributed by atoms with Gasteiger partial charge in [0.25, 0.3) is 0 Å². The van der Waals surface area contributed by atoms with E-state index >= 15 is 0 Å². The van der Waals surface area contributed by atoms with Gasteiger partial charge in [0.1, 0.15) is 6.67 Å². The highest BCUT2D eigenvalue weighted by molar-refractivity contribution is 5.63. The van der Waals surface area contributed by atoms with Gasteiger partial charge in [0.15, 0.2) is 5.65 Å². The van der Waals surface area contributed by atoms with Crippen LogP contribution in [0.1, 0.15) is 24.1 Å². The molecule has 27 heavy (non-hydrogen) atoms. The van der Waals surface area contributed by atoms with E-state index in [-0.39, 0.29) is 0 Å². The van der Waals surface area contributed by atoms with Crippen molar-refractivity contribution in [3.05, 3.63) is 52.3 Å². The van der Waals surface area contributed by atoms with E-state index in [1.165, 1.54) is 18.1 Å². The van der Waals surface area contributed by atoms with E-state index in [0.29, 0.717) is 6.04 Å². The summed E-state index contributed by atoms with van der Waals surface area (Å²) in [5, 5.41) is 10.4.